The zero-order valence-electron chi connectivity index (χ0n) is 17.5. The van der Waals surface area contributed by atoms with Gasteiger partial charge in [-0.25, -0.2) is 4.79 Å². The molecular formula is C21H34N2O4. The molecular weight excluding hydrogens is 344 g/mol. The van der Waals surface area contributed by atoms with Crippen molar-refractivity contribution in [3.63, 3.8) is 0 Å². The van der Waals surface area contributed by atoms with E-state index < -0.39 is 5.60 Å². The van der Waals surface area contributed by atoms with E-state index in [9.17, 15) is 4.79 Å². The first-order valence-electron chi connectivity index (χ1n) is 9.69. The first kappa shape index (κ1) is 21.4. The van der Waals surface area contributed by atoms with Gasteiger partial charge in [-0.15, -0.1) is 0 Å². The largest absolute Gasteiger partial charge is 0.493 e. The van der Waals surface area contributed by atoms with E-state index in [0.29, 0.717) is 0 Å². The van der Waals surface area contributed by atoms with E-state index in [1.807, 2.05) is 37.8 Å². The van der Waals surface area contributed by atoms with Crippen molar-refractivity contribution in [2.75, 3.05) is 27.3 Å². The Morgan fingerprint density at radius 3 is 2.59 bits per heavy atom. The Balaban J connectivity index is 1.87. The summed E-state index contributed by atoms with van der Waals surface area (Å²) in [4.78, 5) is 14.3. The van der Waals surface area contributed by atoms with Gasteiger partial charge in [-0.05, 0) is 71.2 Å². The number of nitrogens with one attached hydrogen (secondary N) is 1. The minimum absolute atomic E-state index is 0.172. The Kier molecular flexibility index (Phi) is 7.36. The highest BCUT2D eigenvalue weighted by Gasteiger charge is 2.35. The predicted molar refractivity (Wildman–Crippen MR) is 107 cm³/mol. The van der Waals surface area contributed by atoms with Gasteiger partial charge in [0.05, 0.1) is 20.3 Å². The van der Waals surface area contributed by atoms with Crippen molar-refractivity contribution in [3.8, 4) is 11.5 Å². The lowest BCUT2D eigenvalue weighted by atomic mass is 10.1. The lowest BCUT2D eigenvalue weighted by Gasteiger charge is -2.32. The highest BCUT2D eigenvalue weighted by atomic mass is 16.6. The van der Waals surface area contributed by atoms with Crippen molar-refractivity contribution in [2.45, 2.75) is 64.6 Å². The van der Waals surface area contributed by atoms with Gasteiger partial charge in [0, 0.05) is 12.6 Å². The molecule has 0 spiro atoms. The lowest BCUT2D eigenvalue weighted by Crippen LogP contribution is -2.49. The third-order valence-electron chi connectivity index (χ3n) is 4.83. The van der Waals surface area contributed by atoms with Crippen LogP contribution in [0.25, 0.3) is 0 Å². The molecule has 1 aromatic carbocycles. The number of rotatable bonds is 7. The van der Waals surface area contributed by atoms with Gasteiger partial charge < -0.3 is 24.4 Å². The summed E-state index contributed by atoms with van der Waals surface area (Å²) in [6.07, 6.45) is 2.69. The van der Waals surface area contributed by atoms with E-state index >= 15 is 0 Å². The second-order valence-electron chi connectivity index (χ2n) is 8.07. The number of carbonyl (C=O) groups is 1. The lowest BCUT2D eigenvalue weighted by molar-refractivity contribution is 0.0201. The van der Waals surface area contributed by atoms with Crippen LogP contribution in [0.3, 0.4) is 0 Å². The van der Waals surface area contributed by atoms with Gasteiger partial charge in [0.15, 0.2) is 11.5 Å². The van der Waals surface area contributed by atoms with Gasteiger partial charge in [-0.3, -0.25) is 0 Å². The Bertz CT molecular complexity index is 627. The highest BCUT2D eigenvalue weighted by Crippen LogP contribution is 2.28. The molecule has 1 aliphatic rings. The van der Waals surface area contributed by atoms with Gasteiger partial charge >= 0.3 is 6.09 Å². The Morgan fingerprint density at radius 1 is 1.26 bits per heavy atom. The smallest absolute Gasteiger partial charge is 0.410 e. The molecule has 2 atom stereocenters. The Labute approximate surface area is 163 Å². The fourth-order valence-corrected chi connectivity index (χ4v) is 3.48. The number of methoxy groups -OCH3 is 2. The maximum atomic E-state index is 12.5. The third-order valence-corrected chi connectivity index (χ3v) is 4.83. The topological polar surface area (TPSA) is 60.0 Å². The molecule has 152 valence electrons. The maximum Gasteiger partial charge on any atom is 0.410 e. The molecule has 0 unspecified atom stereocenters. The van der Waals surface area contributed by atoms with Crippen LogP contribution in [0.2, 0.25) is 0 Å². The minimum Gasteiger partial charge on any atom is -0.493 e. The van der Waals surface area contributed by atoms with Crippen LogP contribution in [-0.4, -0.2) is 56.0 Å². The molecule has 0 bridgehead atoms. The maximum absolute atomic E-state index is 12.5. The van der Waals surface area contributed by atoms with Crippen LogP contribution in [0.5, 0.6) is 11.5 Å². The van der Waals surface area contributed by atoms with E-state index in [4.69, 9.17) is 14.2 Å². The average molecular weight is 379 g/mol. The third kappa shape index (κ3) is 6.03. The molecule has 1 saturated heterocycles. The van der Waals surface area contributed by atoms with Crippen molar-refractivity contribution in [2.24, 2.45) is 0 Å². The van der Waals surface area contributed by atoms with Crippen molar-refractivity contribution < 1.29 is 19.0 Å². The molecule has 1 aliphatic heterocycles. The number of carbonyl (C=O) groups excluding carboxylic acids is 1. The molecule has 0 saturated carbocycles. The normalized spacial score (nSPS) is 18.3. The van der Waals surface area contributed by atoms with Crippen LogP contribution in [0.15, 0.2) is 18.2 Å². The van der Waals surface area contributed by atoms with Crippen LogP contribution in [0.4, 0.5) is 4.79 Å². The fourth-order valence-electron chi connectivity index (χ4n) is 3.48. The van der Waals surface area contributed by atoms with Gasteiger partial charge in [0.1, 0.15) is 5.60 Å². The molecule has 27 heavy (non-hydrogen) atoms. The molecule has 1 amide bonds. The molecule has 0 radical (unpaired) electrons. The van der Waals surface area contributed by atoms with Crippen molar-refractivity contribution in [3.05, 3.63) is 23.8 Å². The fraction of sp³-hybridized carbons (Fsp3) is 0.667. The molecule has 6 nitrogen and oxygen atoms in total. The SMILES string of the molecule is COc1ccc(CCN[C@@H](C)[C@H]2CCCN2C(=O)OC(C)(C)C)cc1OC. The molecule has 1 fully saturated rings. The van der Waals surface area contributed by atoms with E-state index in [-0.39, 0.29) is 18.2 Å². The molecule has 6 heteroatoms. The standard InChI is InChI=1S/C21H34N2O4/c1-15(17-8-7-13-23(17)20(24)27-21(2,3)4)22-12-11-16-9-10-18(25-5)19(14-16)26-6/h9-10,14-15,17,22H,7-8,11-13H2,1-6H3/t15-,17+/m0/s1. The Hall–Kier alpha value is -1.95. The number of hydrogen-bond donors (Lipinski definition) is 1. The van der Waals surface area contributed by atoms with Crippen molar-refractivity contribution in [1.29, 1.82) is 0 Å². The zero-order chi connectivity index (χ0) is 20.0. The highest BCUT2D eigenvalue weighted by molar-refractivity contribution is 5.69. The van der Waals surface area contributed by atoms with Gasteiger partial charge in [-0.1, -0.05) is 6.07 Å². The number of hydrogen-bond acceptors (Lipinski definition) is 5. The summed E-state index contributed by atoms with van der Waals surface area (Å²) in [5, 5.41) is 3.57. The summed E-state index contributed by atoms with van der Waals surface area (Å²) in [6, 6.07) is 6.37. The van der Waals surface area contributed by atoms with Crippen LogP contribution >= 0.6 is 0 Å². The summed E-state index contributed by atoms with van der Waals surface area (Å²) in [6.45, 7) is 9.45. The summed E-state index contributed by atoms with van der Waals surface area (Å²) in [7, 11) is 3.28. The Morgan fingerprint density at radius 2 is 1.96 bits per heavy atom. The van der Waals surface area contributed by atoms with Crippen molar-refractivity contribution in [1.82, 2.24) is 10.2 Å². The minimum atomic E-state index is -0.464. The summed E-state index contributed by atoms with van der Waals surface area (Å²) in [5.74, 6) is 1.48. The molecule has 1 aromatic rings. The number of benzene rings is 1. The first-order valence-corrected chi connectivity index (χ1v) is 9.69. The second-order valence-corrected chi connectivity index (χ2v) is 8.07. The van der Waals surface area contributed by atoms with Crippen LogP contribution in [0.1, 0.15) is 46.1 Å². The molecule has 1 N–H and O–H groups in total. The van der Waals surface area contributed by atoms with Crippen LogP contribution in [-0.2, 0) is 11.2 Å². The number of likely N-dealkylation sites (tertiary alicyclic amines) is 1. The quantitative estimate of drug-likeness (QED) is 0.785. The van der Waals surface area contributed by atoms with E-state index in [1.54, 1.807) is 14.2 Å². The number of nitrogens with zero attached hydrogens (tertiary/aromatic N) is 1. The van der Waals surface area contributed by atoms with E-state index in [0.717, 1.165) is 43.9 Å². The zero-order valence-corrected chi connectivity index (χ0v) is 17.5. The summed E-state index contributed by atoms with van der Waals surface area (Å²) >= 11 is 0. The molecule has 1 heterocycles. The number of amides is 1. The van der Waals surface area contributed by atoms with E-state index in [1.165, 1.54) is 5.56 Å². The average Bonchev–Trinajstić information content (AvgIpc) is 3.10. The van der Waals surface area contributed by atoms with Crippen LogP contribution < -0.4 is 14.8 Å². The second kappa shape index (κ2) is 9.31. The summed E-state index contributed by atoms with van der Waals surface area (Å²) in [5.41, 5.74) is 0.719. The van der Waals surface area contributed by atoms with Crippen LogP contribution in [0, 0.1) is 0 Å². The first-order chi connectivity index (χ1) is 12.7. The van der Waals surface area contributed by atoms with Gasteiger partial charge in [0.2, 0.25) is 0 Å². The molecule has 0 aromatic heterocycles. The monoisotopic (exact) mass is 378 g/mol. The van der Waals surface area contributed by atoms with Gasteiger partial charge in [0.25, 0.3) is 0 Å². The molecule has 2 rings (SSSR count). The van der Waals surface area contributed by atoms with Crippen molar-refractivity contribution >= 4 is 6.09 Å². The summed E-state index contributed by atoms with van der Waals surface area (Å²) < 4.78 is 16.2. The predicted octanol–water partition coefficient (Wildman–Crippen LogP) is 3.62. The van der Waals surface area contributed by atoms with Gasteiger partial charge in [-0.2, -0.15) is 0 Å². The number of ether oxygens (including phenoxy) is 3. The van der Waals surface area contributed by atoms with E-state index in [2.05, 4.69) is 18.3 Å². The molecule has 0 aliphatic carbocycles.